The van der Waals surface area contributed by atoms with Crippen LogP contribution in [0.2, 0.25) is 0 Å². The number of rotatable bonds is 6. The van der Waals surface area contributed by atoms with E-state index in [0.717, 1.165) is 46.7 Å². The molecular weight excluding hydrogens is 388 g/mol. The van der Waals surface area contributed by atoms with Crippen LogP contribution in [0.3, 0.4) is 0 Å². The number of carbonyl (C=O) groups is 1. The lowest BCUT2D eigenvalue weighted by Crippen LogP contribution is -2.22. The maximum Gasteiger partial charge on any atom is 0.254 e. The molecule has 7 heteroatoms. The van der Waals surface area contributed by atoms with Gasteiger partial charge in [-0.1, -0.05) is 30.3 Å². The van der Waals surface area contributed by atoms with E-state index in [4.69, 9.17) is 4.98 Å². The van der Waals surface area contributed by atoms with Crippen molar-refractivity contribution >= 4 is 5.91 Å². The van der Waals surface area contributed by atoms with Gasteiger partial charge < -0.3 is 5.32 Å². The van der Waals surface area contributed by atoms with Crippen molar-refractivity contribution in [3.8, 4) is 22.5 Å². The molecular formula is C24H22N6O. The fraction of sp³-hybridized carbons (Fsp3) is 0.208. The van der Waals surface area contributed by atoms with E-state index < -0.39 is 0 Å². The number of hydrogen-bond donors (Lipinski definition) is 1. The molecule has 4 aromatic rings. The Hall–Kier alpha value is -3.87. The quantitative estimate of drug-likeness (QED) is 0.523. The van der Waals surface area contributed by atoms with Crippen LogP contribution in [0.1, 0.15) is 40.5 Å². The molecule has 1 amide bonds. The summed E-state index contributed by atoms with van der Waals surface area (Å²) in [5.41, 5.74) is 5.23. The summed E-state index contributed by atoms with van der Waals surface area (Å²) in [7, 11) is 1.79. The van der Waals surface area contributed by atoms with E-state index in [-0.39, 0.29) is 5.91 Å². The normalized spacial score (nSPS) is 13.2. The molecule has 0 spiro atoms. The molecule has 0 aliphatic heterocycles. The first-order valence-electron chi connectivity index (χ1n) is 10.3. The van der Waals surface area contributed by atoms with Gasteiger partial charge in [0, 0.05) is 49.2 Å². The zero-order valence-corrected chi connectivity index (χ0v) is 17.2. The van der Waals surface area contributed by atoms with Crippen molar-refractivity contribution in [3.05, 3.63) is 84.2 Å². The Morgan fingerprint density at radius 1 is 1.10 bits per heavy atom. The molecule has 154 valence electrons. The molecule has 1 fully saturated rings. The SMILES string of the molecule is Cn1cc(C(=O)NCc2ccc(-c3nc(C4CC4)ncc3-c3ccccn3)cc2)cn1. The zero-order chi connectivity index (χ0) is 21.2. The standard InChI is InChI=1S/C24H22N6O/c1-30-15-19(13-28-30)24(31)27-12-16-5-7-17(8-6-16)22-20(21-4-2-3-11-25-21)14-26-23(29-22)18-9-10-18/h2-8,11,13-15,18H,9-10,12H2,1H3,(H,27,31). The van der Waals surface area contributed by atoms with E-state index >= 15 is 0 Å². The third-order valence-electron chi connectivity index (χ3n) is 5.34. The average molecular weight is 410 g/mol. The Morgan fingerprint density at radius 3 is 2.61 bits per heavy atom. The maximum absolute atomic E-state index is 12.2. The van der Waals surface area contributed by atoms with Crippen LogP contribution >= 0.6 is 0 Å². The zero-order valence-electron chi connectivity index (χ0n) is 17.2. The monoisotopic (exact) mass is 410 g/mol. The number of benzene rings is 1. The topological polar surface area (TPSA) is 85.6 Å². The first-order chi connectivity index (χ1) is 15.2. The highest BCUT2D eigenvalue weighted by Crippen LogP contribution is 2.40. The van der Waals surface area contributed by atoms with E-state index in [1.165, 1.54) is 0 Å². The lowest BCUT2D eigenvalue weighted by Gasteiger charge is -2.11. The Balaban J connectivity index is 1.38. The maximum atomic E-state index is 12.2. The van der Waals surface area contributed by atoms with Gasteiger partial charge in [0.1, 0.15) is 5.82 Å². The fourth-order valence-corrected chi connectivity index (χ4v) is 3.47. The van der Waals surface area contributed by atoms with Crippen LogP contribution in [0, 0.1) is 0 Å². The van der Waals surface area contributed by atoms with Crippen LogP contribution in [-0.2, 0) is 13.6 Å². The Kier molecular flexibility index (Phi) is 5.00. The van der Waals surface area contributed by atoms with Crippen molar-refractivity contribution in [2.45, 2.75) is 25.3 Å². The van der Waals surface area contributed by atoms with Crippen molar-refractivity contribution in [1.82, 2.24) is 30.0 Å². The molecule has 1 N–H and O–H groups in total. The molecule has 1 aliphatic carbocycles. The van der Waals surface area contributed by atoms with Crippen LogP contribution in [0.15, 0.2) is 67.3 Å². The first-order valence-corrected chi connectivity index (χ1v) is 10.3. The number of aromatic nitrogens is 5. The van der Waals surface area contributed by atoms with Crippen molar-refractivity contribution in [1.29, 1.82) is 0 Å². The number of aryl methyl sites for hydroxylation is 1. The molecule has 31 heavy (non-hydrogen) atoms. The predicted molar refractivity (Wildman–Crippen MR) is 117 cm³/mol. The summed E-state index contributed by atoms with van der Waals surface area (Å²) in [5, 5.41) is 6.96. The number of amides is 1. The summed E-state index contributed by atoms with van der Waals surface area (Å²) in [4.78, 5) is 26.2. The minimum atomic E-state index is -0.139. The van der Waals surface area contributed by atoms with Gasteiger partial charge in [0.25, 0.3) is 5.91 Å². The first kappa shape index (κ1) is 19.1. The summed E-state index contributed by atoms with van der Waals surface area (Å²) >= 11 is 0. The summed E-state index contributed by atoms with van der Waals surface area (Å²) in [6.45, 7) is 0.443. The van der Waals surface area contributed by atoms with Gasteiger partial charge in [-0.3, -0.25) is 14.5 Å². The number of pyridine rings is 1. The molecule has 0 saturated heterocycles. The lowest BCUT2D eigenvalue weighted by molar-refractivity contribution is 0.0951. The second-order valence-electron chi connectivity index (χ2n) is 7.76. The smallest absolute Gasteiger partial charge is 0.254 e. The Labute approximate surface area is 180 Å². The van der Waals surface area contributed by atoms with Crippen molar-refractivity contribution < 1.29 is 4.79 Å². The highest BCUT2D eigenvalue weighted by atomic mass is 16.1. The van der Waals surface area contributed by atoms with Crippen molar-refractivity contribution in [2.75, 3.05) is 0 Å². The van der Waals surface area contributed by atoms with Gasteiger partial charge >= 0.3 is 0 Å². The fourth-order valence-electron chi connectivity index (χ4n) is 3.47. The number of carbonyl (C=O) groups excluding carboxylic acids is 1. The van der Waals surface area contributed by atoms with Crippen molar-refractivity contribution in [3.63, 3.8) is 0 Å². The molecule has 0 radical (unpaired) electrons. The average Bonchev–Trinajstić information content (AvgIpc) is 3.58. The minimum absolute atomic E-state index is 0.139. The number of hydrogen-bond acceptors (Lipinski definition) is 5. The van der Waals surface area contributed by atoms with Crippen LogP contribution in [0.25, 0.3) is 22.5 Å². The van der Waals surface area contributed by atoms with E-state index in [0.29, 0.717) is 18.0 Å². The predicted octanol–water partition coefficient (Wildman–Crippen LogP) is 3.75. The second kappa shape index (κ2) is 8.10. The van der Waals surface area contributed by atoms with Crippen LogP contribution in [0.5, 0.6) is 0 Å². The minimum Gasteiger partial charge on any atom is -0.348 e. The van der Waals surface area contributed by atoms with Crippen LogP contribution < -0.4 is 5.32 Å². The van der Waals surface area contributed by atoms with E-state index in [2.05, 4.69) is 20.4 Å². The van der Waals surface area contributed by atoms with Gasteiger partial charge in [-0.2, -0.15) is 5.10 Å². The lowest BCUT2D eigenvalue weighted by atomic mass is 10.0. The molecule has 1 aliphatic rings. The highest BCUT2D eigenvalue weighted by molar-refractivity contribution is 5.93. The van der Waals surface area contributed by atoms with E-state index in [1.807, 2.05) is 48.7 Å². The van der Waals surface area contributed by atoms with Crippen LogP contribution in [-0.4, -0.2) is 30.6 Å². The third kappa shape index (κ3) is 4.21. The molecule has 0 bridgehead atoms. The largest absolute Gasteiger partial charge is 0.348 e. The van der Waals surface area contributed by atoms with Gasteiger partial charge in [-0.05, 0) is 30.5 Å². The molecule has 5 rings (SSSR count). The Morgan fingerprint density at radius 2 is 1.94 bits per heavy atom. The van der Waals surface area contributed by atoms with Gasteiger partial charge in [0.05, 0.1) is 23.1 Å². The summed E-state index contributed by atoms with van der Waals surface area (Å²) < 4.78 is 1.61. The third-order valence-corrected chi connectivity index (χ3v) is 5.34. The molecule has 3 aromatic heterocycles. The summed E-state index contributed by atoms with van der Waals surface area (Å²) in [5.74, 6) is 1.24. The second-order valence-corrected chi connectivity index (χ2v) is 7.76. The summed E-state index contributed by atoms with van der Waals surface area (Å²) in [6.07, 6.45) is 9.23. The van der Waals surface area contributed by atoms with Gasteiger partial charge in [0.2, 0.25) is 0 Å². The van der Waals surface area contributed by atoms with Gasteiger partial charge in [-0.25, -0.2) is 9.97 Å². The van der Waals surface area contributed by atoms with E-state index in [1.54, 1.807) is 30.3 Å². The molecule has 0 atom stereocenters. The molecule has 3 heterocycles. The molecule has 1 saturated carbocycles. The number of nitrogens with one attached hydrogen (secondary N) is 1. The Bertz CT molecular complexity index is 1210. The van der Waals surface area contributed by atoms with Gasteiger partial charge in [0.15, 0.2) is 0 Å². The number of nitrogens with zero attached hydrogens (tertiary/aromatic N) is 5. The molecule has 1 aromatic carbocycles. The highest BCUT2D eigenvalue weighted by Gasteiger charge is 2.27. The van der Waals surface area contributed by atoms with E-state index in [9.17, 15) is 4.79 Å². The van der Waals surface area contributed by atoms with Crippen molar-refractivity contribution in [2.24, 2.45) is 7.05 Å². The van der Waals surface area contributed by atoms with Crippen LogP contribution in [0.4, 0.5) is 0 Å². The summed E-state index contributed by atoms with van der Waals surface area (Å²) in [6, 6.07) is 13.9. The van der Waals surface area contributed by atoms with Gasteiger partial charge in [-0.15, -0.1) is 0 Å². The molecule has 7 nitrogen and oxygen atoms in total. The molecule has 0 unspecified atom stereocenters.